The largest absolute Gasteiger partial charge is 0.374 e. The Morgan fingerprint density at radius 2 is 0.897 bits per heavy atom. The van der Waals surface area contributed by atoms with Gasteiger partial charge in [-0.3, -0.25) is 5.01 Å². The molecule has 4 unspecified atom stereocenters. The van der Waals surface area contributed by atoms with Gasteiger partial charge in [0.15, 0.2) is 18.3 Å². The van der Waals surface area contributed by atoms with Crippen LogP contribution in [-0.4, -0.2) is 61.8 Å². The molecule has 2 heterocycles. The molecule has 2 rings (SSSR count). The molecule has 0 saturated heterocycles. The van der Waals surface area contributed by atoms with Crippen LogP contribution in [0.3, 0.4) is 0 Å². The van der Waals surface area contributed by atoms with Crippen molar-refractivity contribution in [3.05, 3.63) is 24.7 Å². The zero-order valence-corrected chi connectivity index (χ0v) is 38.2. The molecule has 0 aromatic carbocycles. The molecule has 5 N–H and O–H groups in total. The molecule has 0 bridgehead atoms. The van der Waals surface area contributed by atoms with Crippen molar-refractivity contribution in [3.8, 4) is 0 Å². The second kappa shape index (κ2) is 35.8. The van der Waals surface area contributed by atoms with E-state index in [9.17, 15) is 10.2 Å². The molecule has 11 heteroatoms. The van der Waals surface area contributed by atoms with E-state index >= 15 is 0 Å². The van der Waals surface area contributed by atoms with Crippen LogP contribution >= 0.6 is 0 Å². The summed E-state index contributed by atoms with van der Waals surface area (Å²) in [6.45, 7) is 9.56. The minimum atomic E-state index is -0.934. The van der Waals surface area contributed by atoms with Gasteiger partial charge < -0.3 is 19.7 Å². The van der Waals surface area contributed by atoms with Gasteiger partial charge in [0.2, 0.25) is 0 Å². The summed E-state index contributed by atoms with van der Waals surface area (Å²) in [7, 11) is 0. The summed E-state index contributed by atoms with van der Waals surface area (Å²) in [5.74, 6) is 6.78. The molecule has 1 aromatic heterocycles. The van der Waals surface area contributed by atoms with Crippen molar-refractivity contribution in [1.82, 2.24) is 25.4 Å². The van der Waals surface area contributed by atoms with Crippen LogP contribution < -0.4 is 16.5 Å². The third-order valence-corrected chi connectivity index (χ3v) is 11.8. The number of aliphatic hydroxyl groups excluding tert-OH is 2. The van der Waals surface area contributed by atoms with Crippen LogP contribution in [-0.2, 0) is 9.47 Å². The van der Waals surface area contributed by atoms with Crippen molar-refractivity contribution in [2.24, 2.45) is 5.84 Å². The van der Waals surface area contributed by atoms with E-state index in [4.69, 9.17) is 15.3 Å². The molecule has 0 saturated carbocycles. The molecule has 0 aliphatic carbocycles. The Hall–Kier alpha value is -1.89. The van der Waals surface area contributed by atoms with E-state index in [-0.39, 0.29) is 0 Å². The molecule has 58 heavy (non-hydrogen) atoms. The predicted molar refractivity (Wildman–Crippen MR) is 242 cm³/mol. The van der Waals surface area contributed by atoms with E-state index in [1.165, 1.54) is 195 Å². The number of ether oxygens (including phenoxy) is 2. The monoisotopic (exact) mass is 820 g/mol. The summed E-state index contributed by atoms with van der Waals surface area (Å²) < 4.78 is 13.4. The van der Waals surface area contributed by atoms with E-state index in [1.807, 2.05) is 13.8 Å². The van der Waals surface area contributed by atoms with Crippen molar-refractivity contribution in [2.75, 3.05) is 18.3 Å². The van der Waals surface area contributed by atoms with Crippen LogP contribution in [0.4, 0.5) is 5.82 Å². The van der Waals surface area contributed by atoms with E-state index in [1.54, 1.807) is 29.7 Å². The number of hydrazine groups is 4. The summed E-state index contributed by atoms with van der Waals surface area (Å²) >= 11 is 0. The fourth-order valence-electron chi connectivity index (χ4n) is 7.75. The third kappa shape index (κ3) is 25.0. The summed E-state index contributed by atoms with van der Waals surface area (Å²) in [4.78, 5) is 0. The van der Waals surface area contributed by atoms with Crippen LogP contribution in [0.15, 0.2) is 24.7 Å². The van der Waals surface area contributed by atoms with Crippen molar-refractivity contribution in [2.45, 2.75) is 258 Å². The number of nitrogens with zero attached hydrogens (tertiary/aromatic N) is 5. The summed E-state index contributed by atoms with van der Waals surface area (Å²) in [6, 6.07) is 1.73. The van der Waals surface area contributed by atoms with Gasteiger partial charge in [-0.15, -0.1) is 10.6 Å². The topological polar surface area (TPSA) is 125 Å². The van der Waals surface area contributed by atoms with Crippen LogP contribution in [0.1, 0.15) is 239 Å². The average Bonchev–Trinajstić information content (AvgIpc) is 3.94. The van der Waals surface area contributed by atoms with E-state index in [0.29, 0.717) is 19.0 Å². The first-order valence-corrected chi connectivity index (χ1v) is 24.6. The summed E-state index contributed by atoms with van der Waals surface area (Å²) in [5.41, 5.74) is 3.05. The molecule has 1 aliphatic heterocycles. The van der Waals surface area contributed by atoms with Gasteiger partial charge in [0.25, 0.3) is 0 Å². The lowest BCUT2D eigenvalue weighted by molar-refractivity contribution is -0.117. The van der Waals surface area contributed by atoms with Gasteiger partial charge >= 0.3 is 0 Å². The van der Waals surface area contributed by atoms with Crippen molar-refractivity contribution in [3.63, 3.8) is 0 Å². The number of aliphatic hydroxyl groups is 2. The summed E-state index contributed by atoms with van der Waals surface area (Å²) in [6.07, 6.45) is 45.3. The lowest BCUT2D eigenvalue weighted by atomic mass is 10.0. The molecule has 1 aliphatic rings. The Morgan fingerprint density at radius 3 is 1.28 bits per heavy atom. The van der Waals surface area contributed by atoms with Gasteiger partial charge in [0.1, 0.15) is 12.2 Å². The highest BCUT2D eigenvalue weighted by molar-refractivity contribution is 5.33. The number of rotatable bonds is 42. The molecule has 4 atom stereocenters. The Bertz CT molecular complexity index is 1080. The number of aromatic nitrogens is 2. The van der Waals surface area contributed by atoms with Gasteiger partial charge in [0.05, 0.1) is 6.20 Å². The second-order valence-electron chi connectivity index (χ2n) is 17.2. The Labute approximate surface area is 356 Å². The third-order valence-electron chi connectivity index (χ3n) is 11.8. The summed E-state index contributed by atoms with van der Waals surface area (Å²) in [5, 5.41) is 30.7. The maximum Gasteiger partial charge on any atom is 0.187 e. The van der Waals surface area contributed by atoms with E-state index in [0.717, 1.165) is 25.7 Å². The molecular weight excluding hydrogens is 727 g/mol. The normalized spacial score (nSPS) is 15.1. The van der Waals surface area contributed by atoms with Crippen molar-refractivity contribution >= 4 is 5.82 Å². The number of unbranched alkanes of at least 4 members (excludes halogenated alkanes) is 30. The van der Waals surface area contributed by atoms with Gasteiger partial charge in [-0.1, -0.05) is 206 Å². The average molecular weight is 820 g/mol. The lowest BCUT2D eigenvalue weighted by Crippen LogP contribution is -2.56. The Morgan fingerprint density at radius 1 is 0.552 bits per heavy atom. The van der Waals surface area contributed by atoms with Crippen LogP contribution in [0.2, 0.25) is 0 Å². The van der Waals surface area contributed by atoms with E-state index < -0.39 is 24.7 Å². The minimum absolute atomic E-state index is 0.394. The highest BCUT2D eigenvalue weighted by Gasteiger charge is 2.28. The minimum Gasteiger partial charge on any atom is -0.374 e. The van der Waals surface area contributed by atoms with Gasteiger partial charge in [-0.2, -0.15) is 10.2 Å². The highest BCUT2D eigenvalue weighted by atomic mass is 16.5. The number of hydrogen-bond acceptors (Lipinski definition) is 10. The fourth-order valence-corrected chi connectivity index (χ4v) is 7.75. The van der Waals surface area contributed by atoms with Crippen LogP contribution in [0.25, 0.3) is 0 Å². The van der Waals surface area contributed by atoms with Crippen LogP contribution in [0.5, 0.6) is 0 Å². The number of nitrogens with two attached hydrogens (primary N) is 1. The van der Waals surface area contributed by atoms with E-state index in [2.05, 4.69) is 24.5 Å². The first-order chi connectivity index (χ1) is 28.4. The predicted octanol–water partition coefficient (Wildman–Crippen LogP) is 12.1. The number of hydrogen-bond donors (Lipinski definition) is 4. The first kappa shape index (κ1) is 52.2. The molecule has 0 radical (unpaired) electrons. The lowest BCUT2D eigenvalue weighted by Gasteiger charge is -2.32. The van der Waals surface area contributed by atoms with Gasteiger partial charge in [0, 0.05) is 31.7 Å². The fraction of sp³-hybridized carbons (Fsp3) is 0.894. The van der Waals surface area contributed by atoms with Crippen LogP contribution in [0, 0.1) is 0 Å². The molecule has 340 valence electrons. The number of anilines is 1. The molecule has 0 spiro atoms. The standard InChI is InChI=1S/C47H93N7O4/c1-5-7-9-11-13-15-17-19-21-23-25-27-29-31-33-35-41-57-43(3)46(55)51-38-37-45(49-51)54(48)53-40-39-52(50-53)47(56)44(4)58-42-36-34-32-30-28-26-24-22-20-18-16-14-12-10-8-6-2/h37-40,43-44,46-47,50,55-56H,5-36,41-42,48H2,1-4H3. The quantitative estimate of drug-likeness (QED) is 0.0288. The Kier molecular flexibility index (Phi) is 32.3. The molecular formula is C47H93N7O4. The van der Waals surface area contributed by atoms with Crippen molar-refractivity contribution in [1.29, 1.82) is 0 Å². The molecule has 11 nitrogen and oxygen atoms in total. The van der Waals surface area contributed by atoms with Gasteiger partial charge in [-0.25, -0.2) is 10.5 Å². The zero-order chi connectivity index (χ0) is 41.9. The van der Waals surface area contributed by atoms with Gasteiger partial charge in [-0.05, 0) is 26.7 Å². The maximum absolute atomic E-state index is 10.9. The zero-order valence-electron chi connectivity index (χ0n) is 38.2. The Balaban J connectivity index is 1.46. The number of nitrogens with one attached hydrogen (secondary N) is 1. The van der Waals surface area contributed by atoms with Crippen molar-refractivity contribution < 1.29 is 19.7 Å². The smallest absolute Gasteiger partial charge is 0.187 e. The first-order valence-electron chi connectivity index (χ1n) is 24.6. The molecule has 1 aromatic rings. The molecule has 0 amide bonds. The molecule has 0 fully saturated rings. The highest BCUT2D eigenvalue weighted by Crippen LogP contribution is 2.20. The maximum atomic E-state index is 10.9. The second-order valence-corrected chi connectivity index (χ2v) is 17.2. The SMILES string of the molecule is CCCCCCCCCCCCCCCCCCOC(C)C(O)N1C=CN(N(N)c2ccn(C(O)C(C)OCCCCCCCCCCCCCCCCCC)n2)N1.